The normalized spacial score (nSPS) is 11.4. The number of Topliss-reactive ketones (excluding diaryl/α,β-unsaturated/α-hetero) is 1. The van der Waals surface area contributed by atoms with Gasteiger partial charge in [0.2, 0.25) is 11.7 Å². The third-order valence-electron chi connectivity index (χ3n) is 3.39. The molecule has 0 saturated carbocycles. The minimum Gasteiger partial charge on any atom is -0.339 e. The number of hydrogen-bond donors (Lipinski definition) is 1. The molecule has 0 saturated heterocycles. The fourth-order valence-electron chi connectivity index (χ4n) is 2.10. The van der Waals surface area contributed by atoms with Crippen molar-refractivity contribution >= 4 is 32.8 Å². The summed E-state index contributed by atoms with van der Waals surface area (Å²) in [5.74, 6) is 0.709. The summed E-state index contributed by atoms with van der Waals surface area (Å²) in [5, 5.41) is 5.49. The Balaban J connectivity index is 1.85. The highest BCUT2D eigenvalue weighted by molar-refractivity contribution is 7.94. The smallest absolute Gasteiger partial charge is 0.271 e. The van der Waals surface area contributed by atoms with E-state index in [9.17, 15) is 13.2 Å². The average Bonchev–Trinajstić information content (AvgIpc) is 3.24. The van der Waals surface area contributed by atoms with Crippen molar-refractivity contribution in [3.63, 3.8) is 0 Å². The Morgan fingerprint density at radius 1 is 1.32 bits per heavy atom. The molecule has 3 rings (SSSR count). The van der Waals surface area contributed by atoms with Crippen LogP contribution in [0.3, 0.4) is 0 Å². The van der Waals surface area contributed by atoms with Crippen LogP contribution in [0.4, 0.5) is 5.69 Å². The van der Waals surface area contributed by atoms with Crippen molar-refractivity contribution in [2.45, 2.75) is 24.5 Å². The highest BCUT2D eigenvalue weighted by Gasteiger charge is 2.19. The van der Waals surface area contributed by atoms with Gasteiger partial charge in [-0.2, -0.15) is 4.98 Å². The number of carbonyl (C=O) groups is 1. The van der Waals surface area contributed by atoms with E-state index in [4.69, 9.17) is 4.52 Å². The van der Waals surface area contributed by atoms with Crippen molar-refractivity contribution in [3.8, 4) is 11.4 Å². The number of aryl methyl sites for hydroxylation is 1. The lowest BCUT2D eigenvalue weighted by Gasteiger charge is -2.07. The molecule has 0 aliphatic heterocycles. The quantitative estimate of drug-likeness (QED) is 0.661. The molecular weight excluding hydrogens is 362 g/mol. The second-order valence-corrected chi connectivity index (χ2v) is 8.08. The molecule has 0 bridgehead atoms. The highest BCUT2D eigenvalue weighted by Crippen LogP contribution is 2.28. The summed E-state index contributed by atoms with van der Waals surface area (Å²) in [6, 6.07) is 7.84. The Bertz CT molecular complexity index is 1020. The van der Waals surface area contributed by atoms with E-state index in [0.717, 1.165) is 11.3 Å². The van der Waals surface area contributed by atoms with Crippen molar-refractivity contribution in [2.75, 3.05) is 4.72 Å². The summed E-state index contributed by atoms with van der Waals surface area (Å²) >= 11 is 1.06. The fraction of sp³-hybridized carbons (Fsp3) is 0.188. The number of thiophene rings is 1. The lowest BCUT2D eigenvalue weighted by atomic mass is 10.1. The zero-order chi connectivity index (χ0) is 18.0. The van der Waals surface area contributed by atoms with E-state index in [1.807, 2.05) is 6.92 Å². The van der Waals surface area contributed by atoms with Crippen LogP contribution in [0.5, 0.6) is 0 Å². The molecular formula is C16H15N3O4S2. The zero-order valence-corrected chi connectivity index (χ0v) is 15.1. The molecule has 0 amide bonds. The van der Waals surface area contributed by atoms with Gasteiger partial charge in [0.25, 0.3) is 10.0 Å². The molecule has 0 unspecified atom stereocenters. The van der Waals surface area contributed by atoms with E-state index >= 15 is 0 Å². The Labute approximate surface area is 148 Å². The van der Waals surface area contributed by atoms with Gasteiger partial charge in [0.1, 0.15) is 4.21 Å². The number of anilines is 1. The van der Waals surface area contributed by atoms with Crippen molar-refractivity contribution in [2.24, 2.45) is 0 Å². The van der Waals surface area contributed by atoms with E-state index < -0.39 is 10.0 Å². The predicted molar refractivity (Wildman–Crippen MR) is 94.2 cm³/mol. The molecule has 25 heavy (non-hydrogen) atoms. The molecule has 0 radical (unpaired) electrons. The van der Waals surface area contributed by atoms with Gasteiger partial charge in [-0.15, -0.1) is 11.3 Å². The lowest BCUT2D eigenvalue weighted by Crippen LogP contribution is -2.11. The summed E-state index contributed by atoms with van der Waals surface area (Å²) < 4.78 is 32.7. The van der Waals surface area contributed by atoms with Gasteiger partial charge >= 0.3 is 0 Å². The minimum absolute atomic E-state index is 0.124. The molecule has 0 aliphatic rings. The maximum absolute atomic E-state index is 12.5. The van der Waals surface area contributed by atoms with Crippen LogP contribution in [0.25, 0.3) is 11.4 Å². The summed E-state index contributed by atoms with van der Waals surface area (Å²) in [6.45, 7) is 3.31. The van der Waals surface area contributed by atoms with Crippen LogP contribution in [-0.4, -0.2) is 24.3 Å². The van der Waals surface area contributed by atoms with Crippen molar-refractivity contribution in [1.29, 1.82) is 0 Å². The molecule has 0 aliphatic carbocycles. The van der Waals surface area contributed by atoms with Crippen molar-refractivity contribution in [3.05, 3.63) is 47.2 Å². The number of sulfonamides is 1. The highest BCUT2D eigenvalue weighted by atomic mass is 32.2. The monoisotopic (exact) mass is 377 g/mol. The van der Waals surface area contributed by atoms with Crippen LogP contribution < -0.4 is 4.72 Å². The first-order valence-corrected chi connectivity index (χ1v) is 9.80. The number of aromatic nitrogens is 2. The molecule has 2 heterocycles. The molecule has 0 atom stereocenters. The van der Waals surface area contributed by atoms with E-state index in [-0.39, 0.29) is 9.99 Å². The minimum atomic E-state index is -3.77. The van der Waals surface area contributed by atoms with Gasteiger partial charge in [-0.25, -0.2) is 8.42 Å². The molecule has 7 nitrogen and oxygen atoms in total. The molecule has 3 aromatic rings. The van der Waals surface area contributed by atoms with Gasteiger partial charge in [-0.1, -0.05) is 24.2 Å². The lowest BCUT2D eigenvalue weighted by molar-refractivity contribution is 0.101. The SMILES string of the molecule is CCc1nc(-c2csc(S(=O)(=O)Nc3cccc(C(C)=O)c3)c2)no1. The van der Waals surface area contributed by atoms with Crippen LogP contribution >= 0.6 is 11.3 Å². The van der Waals surface area contributed by atoms with Gasteiger partial charge in [-0.3, -0.25) is 9.52 Å². The molecule has 1 aromatic carbocycles. The molecule has 2 aromatic heterocycles. The first kappa shape index (κ1) is 17.3. The molecule has 1 N–H and O–H groups in total. The molecule has 0 spiro atoms. The number of carbonyl (C=O) groups excluding carboxylic acids is 1. The number of ketones is 1. The van der Waals surface area contributed by atoms with Gasteiger partial charge in [0.05, 0.1) is 0 Å². The summed E-state index contributed by atoms with van der Waals surface area (Å²) in [5.41, 5.74) is 1.34. The van der Waals surface area contributed by atoms with Crippen molar-refractivity contribution in [1.82, 2.24) is 10.1 Å². The maximum atomic E-state index is 12.5. The number of hydrogen-bond acceptors (Lipinski definition) is 7. The molecule has 9 heteroatoms. The average molecular weight is 377 g/mol. The van der Waals surface area contributed by atoms with Crippen LogP contribution in [0.15, 0.2) is 44.4 Å². The number of rotatable bonds is 6. The Morgan fingerprint density at radius 2 is 2.12 bits per heavy atom. The molecule has 0 fully saturated rings. The van der Waals surface area contributed by atoms with E-state index in [1.165, 1.54) is 19.1 Å². The standard InChI is InChI=1S/C16H15N3O4S2/c1-3-14-17-16(18-23-14)12-8-15(24-9-12)25(21,22)19-13-6-4-5-11(7-13)10(2)20/h4-9,19H,3H2,1-2H3. The zero-order valence-electron chi connectivity index (χ0n) is 13.5. The molecule has 130 valence electrons. The van der Waals surface area contributed by atoms with Crippen LogP contribution in [-0.2, 0) is 16.4 Å². The van der Waals surface area contributed by atoms with Crippen LogP contribution in [0.2, 0.25) is 0 Å². The van der Waals surface area contributed by atoms with Crippen LogP contribution in [0.1, 0.15) is 30.1 Å². The third kappa shape index (κ3) is 3.77. The maximum Gasteiger partial charge on any atom is 0.271 e. The first-order valence-electron chi connectivity index (χ1n) is 7.44. The largest absolute Gasteiger partial charge is 0.339 e. The van der Waals surface area contributed by atoms with Crippen molar-refractivity contribution < 1.29 is 17.7 Å². The summed E-state index contributed by atoms with van der Waals surface area (Å²) in [4.78, 5) is 15.6. The fourth-order valence-corrected chi connectivity index (χ4v) is 4.31. The van der Waals surface area contributed by atoms with Crippen LogP contribution in [0, 0.1) is 0 Å². The van der Waals surface area contributed by atoms with Gasteiger partial charge in [0, 0.05) is 28.6 Å². The summed E-state index contributed by atoms with van der Waals surface area (Å²) in [6.07, 6.45) is 0.607. The van der Waals surface area contributed by atoms with E-state index in [0.29, 0.717) is 35.0 Å². The number of nitrogens with zero attached hydrogens (tertiary/aromatic N) is 2. The van der Waals surface area contributed by atoms with Gasteiger partial charge in [-0.05, 0) is 25.1 Å². The predicted octanol–water partition coefficient (Wildman–Crippen LogP) is 3.36. The Hall–Kier alpha value is -2.52. The number of nitrogens with one attached hydrogen (secondary N) is 1. The topological polar surface area (TPSA) is 102 Å². The van der Waals surface area contributed by atoms with Gasteiger partial charge < -0.3 is 4.52 Å². The number of benzene rings is 1. The summed E-state index contributed by atoms with van der Waals surface area (Å²) in [7, 11) is -3.77. The first-order chi connectivity index (χ1) is 11.9. The van der Waals surface area contributed by atoms with E-state index in [1.54, 1.807) is 23.6 Å². The second kappa shape index (κ2) is 6.77. The second-order valence-electron chi connectivity index (χ2n) is 5.26. The Morgan fingerprint density at radius 3 is 2.80 bits per heavy atom. The third-order valence-corrected chi connectivity index (χ3v) is 6.21. The Kier molecular flexibility index (Phi) is 4.69. The van der Waals surface area contributed by atoms with E-state index in [2.05, 4.69) is 14.9 Å². The van der Waals surface area contributed by atoms with Gasteiger partial charge in [0.15, 0.2) is 5.78 Å².